The first-order valence-corrected chi connectivity index (χ1v) is 11.8. The maximum atomic E-state index is 15.1. The summed E-state index contributed by atoms with van der Waals surface area (Å²) in [6.45, 7) is 1.89. The zero-order valence-electron chi connectivity index (χ0n) is 19.4. The largest absolute Gasteiger partial charge is 0.343 e. The van der Waals surface area contributed by atoms with Gasteiger partial charge in [-0.3, -0.25) is 14.7 Å². The number of hydrogen-bond acceptors (Lipinski definition) is 4. The van der Waals surface area contributed by atoms with E-state index in [1.807, 2.05) is 43.3 Å². The first kappa shape index (κ1) is 23.1. The molecule has 1 aromatic heterocycles. The number of amides is 2. The fraction of sp³-hybridized carbons (Fsp3) is 0.385. The second kappa shape index (κ2) is 9.20. The quantitative estimate of drug-likeness (QED) is 0.544. The predicted molar refractivity (Wildman–Crippen MR) is 125 cm³/mol. The van der Waals surface area contributed by atoms with Gasteiger partial charge >= 0.3 is 0 Å². The van der Waals surface area contributed by atoms with Crippen LogP contribution in [0.25, 0.3) is 0 Å². The second-order valence-electron chi connectivity index (χ2n) is 9.71. The highest BCUT2D eigenvalue weighted by Crippen LogP contribution is 2.48. The van der Waals surface area contributed by atoms with Gasteiger partial charge in [0.25, 0.3) is 0 Å². The number of hydrogen-bond donors (Lipinski definition) is 2. The molecule has 1 aliphatic carbocycles. The molecule has 2 fully saturated rings. The average Bonchev–Trinajstić information content (AvgIpc) is 3.21. The number of nitrogens with one attached hydrogen (secondary N) is 2. The number of carbonyl (C=O) groups is 2. The van der Waals surface area contributed by atoms with Crippen LogP contribution in [0, 0.1) is 5.82 Å². The van der Waals surface area contributed by atoms with Crippen LogP contribution in [-0.4, -0.2) is 50.9 Å². The van der Waals surface area contributed by atoms with Crippen molar-refractivity contribution in [3.05, 3.63) is 82.9 Å². The minimum Gasteiger partial charge on any atom is -0.343 e. The number of likely N-dealkylation sites (tertiary alicyclic amines) is 1. The highest BCUT2D eigenvalue weighted by Gasteiger charge is 2.42. The van der Waals surface area contributed by atoms with E-state index in [0.29, 0.717) is 16.8 Å². The topological polar surface area (TPSA) is 91.0 Å². The van der Waals surface area contributed by atoms with E-state index in [4.69, 9.17) is 0 Å². The predicted octanol–water partition coefficient (Wildman–Crippen LogP) is 3.38. The summed E-state index contributed by atoms with van der Waals surface area (Å²) < 4.78 is 29.4. The molecule has 2 N–H and O–H groups in total. The molecule has 3 unspecified atom stereocenters. The lowest BCUT2D eigenvalue weighted by atomic mass is 9.92. The van der Waals surface area contributed by atoms with Crippen molar-refractivity contribution in [1.29, 1.82) is 0 Å². The van der Waals surface area contributed by atoms with E-state index in [1.165, 1.54) is 17.2 Å². The van der Waals surface area contributed by atoms with Crippen molar-refractivity contribution in [2.45, 2.75) is 56.3 Å². The van der Waals surface area contributed by atoms with E-state index < -0.39 is 24.2 Å². The molecule has 3 aromatic rings. The molecular formula is C26H27F2N5O2. The summed E-state index contributed by atoms with van der Waals surface area (Å²) in [7, 11) is 0. The van der Waals surface area contributed by atoms with Crippen LogP contribution in [-0.2, 0) is 21.4 Å². The van der Waals surface area contributed by atoms with Crippen molar-refractivity contribution in [2.24, 2.45) is 0 Å². The summed E-state index contributed by atoms with van der Waals surface area (Å²) in [5, 5.41) is 12.8. The van der Waals surface area contributed by atoms with Gasteiger partial charge in [-0.2, -0.15) is 0 Å². The fourth-order valence-corrected chi connectivity index (χ4v) is 4.78. The molecule has 0 radical (unpaired) electrons. The van der Waals surface area contributed by atoms with Crippen LogP contribution in [0.15, 0.2) is 54.7 Å². The van der Waals surface area contributed by atoms with Gasteiger partial charge in [0.2, 0.25) is 11.8 Å². The van der Waals surface area contributed by atoms with Crippen LogP contribution >= 0.6 is 0 Å². The number of rotatable bonds is 7. The highest BCUT2D eigenvalue weighted by molar-refractivity contribution is 5.89. The lowest BCUT2D eigenvalue weighted by molar-refractivity contribution is -0.138. The monoisotopic (exact) mass is 479 g/mol. The van der Waals surface area contributed by atoms with Crippen LogP contribution in [0.1, 0.15) is 54.6 Å². The Bertz CT molecular complexity index is 1210. The molecule has 2 aliphatic rings. The number of nitrogens with zero attached hydrogens (tertiary/aromatic N) is 3. The van der Waals surface area contributed by atoms with E-state index in [-0.39, 0.29) is 36.5 Å². The lowest BCUT2D eigenvalue weighted by Crippen LogP contribution is -2.47. The number of H-pyrrole nitrogens is 1. The van der Waals surface area contributed by atoms with Crippen molar-refractivity contribution in [3.8, 4) is 0 Å². The Morgan fingerprint density at radius 1 is 1.20 bits per heavy atom. The molecule has 3 atom stereocenters. The van der Waals surface area contributed by atoms with Crippen LogP contribution in [0.4, 0.5) is 8.78 Å². The minimum absolute atomic E-state index is 0.0585. The van der Waals surface area contributed by atoms with Gasteiger partial charge in [0.05, 0.1) is 30.9 Å². The molecule has 1 saturated heterocycles. The number of aromatic nitrogens is 3. The van der Waals surface area contributed by atoms with Crippen LogP contribution in [0.2, 0.25) is 0 Å². The SMILES string of the molecule is CC1(c2ccc(C(NC(=O)C3CC(F)CN3C(=O)Cc3cnn[nH]3)c3ccccc3)cc2F)CC1. The summed E-state index contributed by atoms with van der Waals surface area (Å²) in [6.07, 6.45) is 1.87. The highest BCUT2D eigenvalue weighted by atomic mass is 19.1. The Morgan fingerprint density at radius 3 is 2.63 bits per heavy atom. The molecule has 5 rings (SSSR count). The molecular weight excluding hydrogens is 452 g/mol. The van der Waals surface area contributed by atoms with Crippen molar-refractivity contribution in [2.75, 3.05) is 6.54 Å². The van der Waals surface area contributed by atoms with E-state index in [1.54, 1.807) is 6.07 Å². The molecule has 35 heavy (non-hydrogen) atoms. The number of aromatic amines is 1. The zero-order valence-corrected chi connectivity index (χ0v) is 19.4. The van der Waals surface area contributed by atoms with Gasteiger partial charge < -0.3 is 10.2 Å². The molecule has 9 heteroatoms. The molecule has 1 aliphatic heterocycles. The van der Waals surface area contributed by atoms with Crippen LogP contribution in [0.3, 0.4) is 0 Å². The Kier molecular flexibility index (Phi) is 6.08. The van der Waals surface area contributed by atoms with E-state index in [9.17, 15) is 14.0 Å². The third-order valence-corrected chi connectivity index (χ3v) is 7.08. The van der Waals surface area contributed by atoms with Crippen LogP contribution in [0.5, 0.6) is 0 Å². The molecule has 0 bridgehead atoms. The van der Waals surface area contributed by atoms with Gasteiger partial charge in [0, 0.05) is 6.42 Å². The Balaban J connectivity index is 1.39. The summed E-state index contributed by atoms with van der Waals surface area (Å²) in [4.78, 5) is 27.5. The maximum absolute atomic E-state index is 15.1. The zero-order chi connectivity index (χ0) is 24.6. The van der Waals surface area contributed by atoms with Crippen molar-refractivity contribution in [3.63, 3.8) is 0 Å². The molecule has 2 aromatic carbocycles. The van der Waals surface area contributed by atoms with E-state index in [0.717, 1.165) is 18.4 Å². The lowest BCUT2D eigenvalue weighted by Gasteiger charge is -2.27. The first-order chi connectivity index (χ1) is 16.8. The standard InChI is InChI=1S/C26H27F2N5O2/c1-26(9-10-26)20-8-7-17(11-21(20)28)24(16-5-3-2-4-6-16)30-25(35)22-12-18(27)15-33(22)23(34)13-19-14-29-32-31-19/h2-8,11,14,18,22,24H,9-10,12-13,15H2,1H3,(H,30,35)(H,29,31,32). The maximum Gasteiger partial charge on any atom is 0.243 e. The van der Waals surface area contributed by atoms with Gasteiger partial charge in [0.15, 0.2) is 0 Å². The van der Waals surface area contributed by atoms with Gasteiger partial charge in [-0.15, -0.1) is 5.10 Å². The van der Waals surface area contributed by atoms with Gasteiger partial charge in [-0.05, 0) is 41.0 Å². The molecule has 7 nitrogen and oxygen atoms in total. The molecule has 1 saturated carbocycles. The molecule has 0 spiro atoms. The van der Waals surface area contributed by atoms with Crippen molar-refractivity contribution >= 4 is 11.8 Å². The average molecular weight is 480 g/mol. The molecule has 182 valence electrons. The minimum atomic E-state index is -1.30. The fourth-order valence-electron chi connectivity index (χ4n) is 4.78. The van der Waals surface area contributed by atoms with E-state index in [2.05, 4.69) is 20.7 Å². The smallest absolute Gasteiger partial charge is 0.243 e. The van der Waals surface area contributed by atoms with Crippen molar-refractivity contribution in [1.82, 2.24) is 25.6 Å². The van der Waals surface area contributed by atoms with Crippen molar-refractivity contribution < 1.29 is 18.4 Å². The van der Waals surface area contributed by atoms with Gasteiger partial charge in [-0.25, -0.2) is 8.78 Å². The van der Waals surface area contributed by atoms with E-state index >= 15 is 4.39 Å². The molecule has 2 amide bonds. The third kappa shape index (κ3) is 4.80. The normalized spacial score (nSPS) is 21.5. The Labute approximate surface area is 201 Å². The third-order valence-electron chi connectivity index (χ3n) is 7.08. The number of carbonyl (C=O) groups excluding carboxylic acids is 2. The number of alkyl halides is 1. The number of halogens is 2. The Hall–Kier alpha value is -3.62. The number of benzene rings is 2. The molecule has 2 heterocycles. The summed E-state index contributed by atoms with van der Waals surface area (Å²) in [6, 6.07) is 12.7. The van der Waals surface area contributed by atoms with Crippen LogP contribution < -0.4 is 5.32 Å². The van der Waals surface area contributed by atoms with Gasteiger partial charge in [0.1, 0.15) is 18.0 Å². The second-order valence-corrected chi connectivity index (χ2v) is 9.71. The summed E-state index contributed by atoms with van der Waals surface area (Å²) in [5.74, 6) is -1.17. The first-order valence-electron chi connectivity index (χ1n) is 11.8. The summed E-state index contributed by atoms with van der Waals surface area (Å²) >= 11 is 0. The summed E-state index contributed by atoms with van der Waals surface area (Å²) in [5.41, 5.74) is 2.39. The van der Waals surface area contributed by atoms with Gasteiger partial charge in [-0.1, -0.05) is 54.6 Å². The Morgan fingerprint density at radius 2 is 1.97 bits per heavy atom.